The van der Waals surface area contributed by atoms with E-state index in [-0.39, 0.29) is 16.4 Å². The molecule has 9 heteroatoms. The van der Waals surface area contributed by atoms with E-state index in [1.54, 1.807) is 0 Å². The van der Waals surface area contributed by atoms with E-state index in [0.717, 1.165) is 54.6 Å². The van der Waals surface area contributed by atoms with E-state index < -0.39 is 11.7 Å². The predicted octanol–water partition coefficient (Wildman–Crippen LogP) is 3.09. The first-order valence-corrected chi connectivity index (χ1v) is 9.47. The van der Waals surface area contributed by atoms with E-state index in [4.69, 9.17) is 0 Å². The molecule has 0 radical (unpaired) electrons. The zero-order valence-electron chi connectivity index (χ0n) is 12.7. The molecule has 0 spiro atoms. The van der Waals surface area contributed by atoms with E-state index in [9.17, 15) is 18.0 Å². The average Bonchev–Trinajstić information content (AvgIpc) is 2.98. The van der Waals surface area contributed by atoms with Gasteiger partial charge in [0.25, 0.3) is 5.91 Å². The van der Waals surface area contributed by atoms with Crippen LogP contribution in [0, 0.1) is 0 Å². The largest absolute Gasteiger partial charge is 0.416 e. The summed E-state index contributed by atoms with van der Waals surface area (Å²) in [4.78, 5) is 18.5. The van der Waals surface area contributed by atoms with Gasteiger partial charge in [0.2, 0.25) is 0 Å². The minimum Gasteiger partial charge on any atom is -0.349 e. The second kappa shape index (κ2) is 7.28. The van der Waals surface area contributed by atoms with Crippen LogP contribution in [-0.4, -0.2) is 53.5 Å². The van der Waals surface area contributed by atoms with E-state index in [2.05, 4.69) is 15.2 Å². The van der Waals surface area contributed by atoms with Gasteiger partial charge in [0.05, 0.1) is 15.8 Å². The van der Waals surface area contributed by atoms with Crippen molar-refractivity contribution in [2.24, 2.45) is 0 Å². The Labute approximate surface area is 145 Å². The van der Waals surface area contributed by atoms with Crippen molar-refractivity contribution < 1.29 is 18.0 Å². The van der Waals surface area contributed by atoms with E-state index in [0.29, 0.717) is 11.2 Å². The lowest BCUT2D eigenvalue weighted by molar-refractivity contribution is -0.137. The maximum Gasteiger partial charge on any atom is 0.416 e. The van der Waals surface area contributed by atoms with Crippen LogP contribution >= 0.6 is 23.1 Å². The highest BCUT2D eigenvalue weighted by molar-refractivity contribution is 7.99. The van der Waals surface area contributed by atoms with Gasteiger partial charge in [0.15, 0.2) is 5.01 Å². The van der Waals surface area contributed by atoms with Gasteiger partial charge in [0.1, 0.15) is 0 Å². The summed E-state index contributed by atoms with van der Waals surface area (Å²) in [6, 6.07) is 3.35. The number of hydrogen-bond acceptors (Lipinski definition) is 5. The standard InChI is InChI=1S/C15H16F3N3OS2/c16-15(17,18)10-1-2-12-11(9-10)20-14(24-12)13(22)19-3-4-21-5-7-23-8-6-21/h1-2,9H,3-8H2,(H,19,22). The fourth-order valence-corrected chi connectivity index (χ4v) is 4.27. The number of fused-ring (bicyclic) bond motifs is 1. The van der Waals surface area contributed by atoms with Crippen molar-refractivity contribution in [1.29, 1.82) is 0 Å². The van der Waals surface area contributed by atoms with Crippen molar-refractivity contribution in [2.75, 3.05) is 37.7 Å². The van der Waals surface area contributed by atoms with Gasteiger partial charge in [-0.15, -0.1) is 11.3 Å². The summed E-state index contributed by atoms with van der Waals surface area (Å²) in [6.45, 7) is 3.31. The fraction of sp³-hybridized carbons (Fsp3) is 0.467. The normalized spacial score (nSPS) is 16.5. The zero-order valence-corrected chi connectivity index (χ0v) is 14.4. The molecule has 0 unspecified atom stereocenters. The number of thioether (sulfide) groups is 1. The van der Waals surface area contributed by atoms with Gasteiger partial charge in [-0.25, -0.2) is 4.98 Å². The molecule has 2 heterocycles. The van der Waals surface area contributed by atoms with Gasteiger partial charge < -0.3 is 5.32 Å². The highest BCUT2D eigenvalue weighted by Crippen LogP contribution is 2.32. The number of rotatable bonds is 4. The molecule has 24 heavy (non-hydrogen) atoms. The Morgan fingerprint density at radius 1 is 1.29 bits per heavy atom. The molecule has 0 atom stereocenters. The Morgan fingerprint density at radius 2 is 2.04 bits per heavy atom. The Morgan fingerprint density at radius 3 is 2.75 bits per heavy atom. The first-order valence-electron chi connectivity index (χ1n) is 7.49. The number of carbonyl (C=O) groups excluding carboxylic acids is 1. The smallest absolute Gasteiger partial charge is 0.349 e. The van der Waals surface area contributed by atoms with Crippen LogP contribution < -0.4 is 5.32 Å². The number of carbonyl (C=O) groups is 1. The van der Waals surface area contributed by atoms with E-state index in [1.165, 1.54) is 6.07 Å². The first-order chi connectivity index (χ1) is 11.4. The summed E-state index contributed by atoms with van der Waals surface area (Å²) in [5, 5.41) is 2.98. The van der Waals surface area contributed by atoms with Crippen molar-refractivity contribution in [3.63, 3.8) is 0 Å². The van der Waals surface area contributed by atoms with Crippen LogP contribution in [0.25, 0.3) is 10.2 Å². The molecule has 1 aliphatic heterocycles. The van der Waals surface area contributed by atoms with Crippen LogP contribution in [0.2, 0.25) is 0 Å². The number of alkyl halides is 3. The summed E-state index contributed by atoms with van der Waals surface area (Å²) in [5.41, 5.74) is -0.553. The molecule has 1 fully saturated rings. The molecule has 1 saturated heterocycles. The summed E-state index contributed by atoms with van der Waals surface area (Å²) in [7, 11) is 0. The molecule has 1 aromatic carbocycles. The molecular weight excluding hydrogens is 359 g/mol. The number of amides is 1. The summed E-state index contributed by atoms with van der Waals surface area (Å²) in [6.07, 6.45) is -4.41. The van der Waals surface area contributed by atoms with Gasteiger partial charge in [-0.05, 0) is 18.2 Å². The van der Waals surface area contributed by atoms with Crippen LogP contribution in [0.4, 0.5) is 13.2 Å². The Kier molecular flexibility index (Phi) is 5.31. The van der Waals surface area contributed by atoms with Crippen molar-refractivity contribution in [2.45, 2.75) is 6.18 Å². The maximum absolute atomic E-state index is 12.7. The average molecular weight is 375 g/mol. The predicted molar refractivity (Wildman–Crippen MR) is 90.7 cm³/mol. The number of benzene rings is 1. The molecule has 1 aromatic heterocycles. The molecule has 1 N–H and O–H groups in total. The minimum absolute atomic E-state index is 0.193. The zero-order chi connectivity index (χ0) is 17.2. The number of nitrogens with zero attached hydrogens (tertiary/aromatic N) is 2. The molecule has 4 nitrogen and oxygen atoms in total. The van der Waals surface area contributed by atoms with Crippen LogP contribution in [0.1, 0.15) is 15.4 Å². The lowest BCUT2D eigenvalue weighted by Gasteiger charge is -2.25. The number of thiazole rings is 1. The third-order valence-corrected chi connectivity index (χ3v) is 5.70. The van der Waals surface area contributed by atoms with Crippen molar-refractivity contribution >= 4 is 39.2 Å². The van der Waals surface area contributed by atoms with E-state index >= 15 is 0 Å². The quantitative estimate of drug-likeness (QED) is 0.892. The third-order valence-electron chi connectivity index (χ3n) is 3.73. The monoisotopic (exact) mass is 375 g/mol. The topological polar surface area (TPSA) is 45.2 Å². The Balaban J connectivity index is 1.62. The molecule has 1 aliphatic rings. The second-order valence-electron chi connectivity index (χ2n) is 5.41. The molecule has 2 aromatic rings. The Hall–Kier alpha value is -1.32. The van der Waals surface area contributed by atoms with Crippen LogP contribution in [0.15, 0.2) is 18.2 Å². The molecule has 0 aliphatic carbocycles. The van der Waals surface area contributed by atoms with Gasteiger partial charge in [0, 0.05) is 37.7 Å². The van der Waals surface area contributed by atoms with Crippen molar-refractivity contribution in [1.82, 2.24) is 15.2 Å². The highest BCUT2D eigenvalue weighted by atomic mass is 32.2. The van der Waals surface area contributed by atoms with Gasteiger partial charge in [-0.1, -0.05) is 0 Å². The fourth-order valence-electron chi connectivity index (χ4n) is 2.43. The molecule has 3 rings (SSSR count). The SMILES string of the molecule is O=C(NCCN1CCSCC1)c1nc2cc(C(F)(F)F)ccc2s1. The minimum atomic E-state index is -4.41. The first kappa shape index (κ1) is 17.5. The van der Waals surface area contributed by atoms with E-state index in [1.807, 2.05) is 11.8 Å². The highest BCUT2D eigenvalue weighted by Gasteiger charge is 2.31. The third kappa shape index (κ3) is 4.20. The second-order valence-corrected chi connectivity index (χ2v) is 7.66. The number of hydrogen-bond donors (Lipinski definition) is 1. The lowest BCUT2D eigenvalue weighted by atomic mass is 10.2. The number of aromatic nitrogens is 1. The maximum atomic E-state index is 12.7. The number of nitrogens with one attached hydrogen (secondary N) is 1. The Bertz CT molecular complexity index is 726. The van der Waals surface area contributed by atoms with Crippen LogP contribution in [0.3, 0.4) is 0 Å². The summed E-state index contributed by atoms with van der Waals surface area (Å²) < 4.78 is 38.7. The molecule has 130 valence electrons. The summed E-state index contributed by atoms with van der Waals surface area (Å²) in [5.74, 6) is 1.87. The van der Waals surface area contributed by atoms with Gasteiger partial charge in [-0.3, -0.25) is 9.69 Å². The molecule has 0 saturated carbocycles. The van der Waals surface area contributed by atoms with Crippen molar-refractivity contribution in [3.05, 3.63) is 28.8 Å². The number of halogens is 3. The molecule has 0 bridgehead atoms. The van der Waals surface area contributed by atoms with Crippen LogP contribution in [0.5, 0.6) is 0 Å². The molecular formula is C15H16F3N3OS2. The van der Waals surface area contributed by atoms with Crippen LogP contribution in [-0.2, 0) is 6.18 Å². The van der Waals surface area contributed by atoms with Crippen molar-refractivity contribution in [3.8, 4) is 0 Å². The molecule has 1 amide bonds. The van der Waals surface area contributed by atoms with Gasteiger partial charge >= 0.3 is 6.18 Å². The van der Waals surface area contributed by atoms with Gasteiger partial charge in [-0.2, -0.15) is 24.9 Å². The summed E-state index contributed by atoms with van der Waals surface area (Å²) >= 11 is 3.03. The lowest BCUT2D eigenvalue weighted by Crippen LogP contribution is -2.39.